The van der Waals surface area contributed by atoms with Crippen LogP contribution in [0.5, 0.6) is 0 Å². The summed E-state index contributed by atoms with van der Waals surface area (Å²) < 4.78 is 50.4. The highest BCUT2D eigenvalue weighted by molar-refractivity contribution is 8.07. The number of fused-ring (bicyclic) bond motifs is 1. The van der Waals surface area contributed by atoms with Gasteiger partial charge in [0.15, 0.2) is 23.2 Å². The molecule has 2 fully saturated rings. The fourth-order valence-corrected chi connectivity index (χ4v) is 22.9. The summed E-state index contributed by atoms with van der Waals surface area (Å²) in [7, 11) is -5.10. The average molecular weight is 1220 g/mol. The second kappa shape index (κ2) is 25.3. The van der Waals surface area contributed by atoms with Crippen LogP contribution in [0.3, 0.4) is 0 Å². The molecule has 5 aromatic carbocycles. The highest BCUT2D eigenvalue weighted by Crippen LogP contribution is 2.53. The predicted octanol–water partition coefficient (Wildman–Crippen LogP) is 7.09. The van der Waals surface area contributed by atoms with Crippen LogP contribution in [-0.4, -0.2) is 114 Å². The summed E-state index contributed by atoms with van der Waals surface area (Å²) in [5.41, 5.74) is -0.846. The molecule has 0 amide bonds. The zero-order valence-electron chi connectivity index (χ0n) is 48.5. The molecule has 85 heavy (non-hydrogen) atoms. The van der Waals surface area contributed by atoms with E-state index in [-0.39, 0.29) is 49.8 Å². The van der Waals surface area contributed by atoms with Gasteiger partial charge in [-0.3, -0.25) is 28.5 Å². The number of H-pyrrole nitrogens is 2. The van der Waals surface area contributed by atoms with Gasteiger partial charge in [0.2, 0.25) is 5.78 Å². The lowest BCUT2D eigenvalue weighted by Gasteiger charge is -2.45. The van der Waals surface area contributed by atoms with E-state index in [9.17, 15) is 24.1 Å². The van der Waals surface area contributed by atoms with Crippen molar-refractivity contribution in [3.8, 4) is 0 Å². The molecule has 18 nitrogen and oxygen atoms in total. The second-order valence-electron chi connectivity index (χ2n) is 23.4. The van der Waals surface area contributed by atoms with Crippen LogP contribution in [0.25, 0.3) is 11.2 Å². The lowest BCUT2D eigenvalue weighted by Crippen LogP contribution is -2.68. The summed E-state index contributed by atoms with van der Waals surface area (Å²) in [4.78, 5) is 80.8. The van der Waals surface area contributed by atoms with Crippen molar-refractivity contribution in [1.29, 1.82) is 0 Å². The number of carbonyl (C=O) groups is 1. The number of nitrogens with one attached hydrogen (secondary N) is 2. The summed E-state index contributed by atoms with van der Waals surface area (Å²) in [6.07, 6.45) is -2.30. The summed E-state index contributed by atoms with van der Waals surface area (Å²) in [6, 6.07) is 49.6. The van der Waals surface area contributed by atoms with E-state index >= 15 is 0 Å². The van der Waals surface area contributed by atoms with Gasteiger partial charge < -0.3 is 42.0 Å². The van der Waals surface area contributed by atoms with Crippen LogP contribution in [-0.2, 0) is 43.9 Å². The standard InChI is InChI=1S/C63H71N6O12PSSi2/c1-42-48(50(81-85(63(5,6)7,46-30-20-12-21-31-46)47-32-22-13-23-33-47)38-49(42)69-41-64-53-58(69)66-57(67-59(53)72)54(71)43-24-14-9-15-25-43)39-77-82(74,83)80-55-51(79-60(56(55)76-37-36-75-8)68-35-34-52(70)65-61(68)73)40-78-84(62(2,3)4,44-26-16-10-17-27-44)45-28-18-11-19-29-45/h9-35,41,48-51,55-56,60H,1,36-40H2,2-8H3,(H,74,83)(H,65,70,73)(H,66,67,72)/t48-,49-,50-,51+,55+,56+,60+,82-/m0/s1. The molecule has 0 spiro atoms. The first-order chi connectivity index (χ1) is 40.7. The molecule has 2 aliphatic rings. The van der Waals surface area contributed by atoms with Crippen molar-refractivity contribution in [3.63, 3.8) is 0 Å². The first-order valence-corrected chi connectivity index (χ1v) is 34.6. The molecule has 0 bridgehead atoms. The SMILES string of the molecule is C=C1[C@H](CO[P@](O)(=S)O[C@H]2[C@@H](OCCOC)[C@H](n3ccc(=O)[nH]c3=O)O[C@@H]2CO[Si](c2ccccc2)(c2ccccc2)C(C)(C)C)[C@@H](O[Si](c2ccccc2)(c2ccccc2)C(C)(C)C)C[C@@H]1n1cnc2c(=O)[nH]c(C(=O)c3ccccc3)nc21. The van der Waals surface area contributed by atoms with E-state index in [0.29, 0.717) is 11.1 Å². The number of aromatic nitrogens is 6. The summed E-state index contributed by atoms with van der Waals surface area (Å²) in [6.45, 7) is 13.0. The van der Waals surface area contributed by atoms with E-state index < -0.39 is 98.6 Å². The lowest BCUT2D eigenvalue weighted by molar-refractivity contribution is -0.0809. The van der Waals surface area contributed by atoms with Crippen LogP contribution < -0.4 is 37.6 Å². The Bertz CT molecular complexity index is 3780. The van der Waals surface area contributed by atoms with Gasteiger partial charge in [0.1, 0.15) is 18.3 Å². The van der Waals surface area contributed by atoms with Gasteiger partial charge in [0.05, 0.1) is 44.9 Å². The molecule has 3 N–H and O–H groups in total. The van der Waals surface area contributed by atoms with Crippen LogP contribution in [0.2, 0.25) is 10.1 Å². The quantitative estimate of drug-likeness (QED) is 0.0203. The molecule has 0 radical (unpaired) electrons. The Morgan fingerprint density at radius 2 is 1.28 bits per heavy atom. The highest BCUT2D eigenvalue weighted by Gasteiger charge is 2.57. The van der Waals surface area contributed by atoms with Crippen LogP contribution in [0.15, 0.2) is 197 Å². The number of hydrogen-bond acceptors (Lipinski definition) is 14. The Morgan fingerprint density at radius 3 is 1.81 bits per heavy atom. The smallest absolute Gasteiger partial charge is 0.330 e. The van der Waals surface area contributed by atoms with Gasteiger partial charge in [0, 0.05) is 30.9 Å². The maximum atomic E-state index is 13.8. The lowest BCUT2D eigenvalue weighted by atomic mass is 10.0. The molecule has 1 aliphatic carbocycles. The number of methoxy groups -OCH3 is 1. The number of rotatable bonds is 22. The van der Waals surface area contributed by atoms with Crippen molar-refractivity contribution in [2.75, 3.05) is 33.5 Å². The molecular weight excluding hydrogens is 1150 g/mol. The molecule has 3 aromatic heterocycles. The maximum Gasteiger partial charge on any atom is 0.330 e. The molecule has 0 unspecified atom stereocenters. The third kappa shape index (κ3) is 12.4. The topological polar surface area (TPSA) is 220 Å². The Balaban J connectivity index is 1.04. The van der Waals surface area contributed by atoms with Gasteiger partial charge in [-0.05, 0) is 54.6 Å². The molecule has 22 heteroatoms. The number of imidazole rings is 1. The van der Waals surface area contributed by atoms with Crippen molar-refractivity contribution in [3.05, 3.63) is 225 Å². The summed E-state index contributed by atoms with van der Waals surface area (Å²) in [5, 5.41) is 3.10. The first kappa shape index (κ1) is 61.4. The number of hydrogen-bond donors (Lipinski definition) is 3. The van der Waals surface area contributed by atoms with Gasteiger partial charge in [0.25, 0.3) is 27.8 Å². The van der Waals surface area contributed by atoms with Gasteiger partial charge in [-0.15, -0.1) is 0 Å². The predicted molar refractivity (Wildman–Crippen MR) is 335 cm³/mol. The molecule has 4 heterocycles. The zero-order chi connectivity index (χ0) is 60.3. The van der Waals surface area contributed by atoms with E-state index in [2.05, 4.69) is 105 Å². The van der Waals surface area contributed by atoms with Crippen molar-refractivity contribution in [2.45, 2.75) is 94.7 Å². The Labute approximate surface area is 500 Å². The van der Waals surface area contributed by atoms with Gasteiger partial charge in [-0.2, -0.15) is 0 Å². The van der Waals surface area contributed by atoms with Gasteiger partial charge >= 0.3 is 12.4 Å². The van der Waals surface area contributed by atoms with E-state index in [1.54, 1.807) is 34.9 Å². The fraction of sp³-hybridized carbons (Fsp3) is 0.333. The number of ether oxygens (including phenoxy) is 3. The monoisotopic (exact) mass is 1220 g/mol. The second-order valence-corrected chi connectivity index (χ2v) is 34.8. The van der Waals surface area contributed by atoms with Crippen LogP contribution in [0.4, 0.5) is 0 Å². The van der Waals surface area contributed by atoms with Gasteiger partial charge in [-0.25, -0.2) is 14.8 Å². The van der Waals surface area contributed by atoms with E-state index in [0.717, 1.165) is 20.7 Å². The van der Waals surface area contributed by atoms with Crippen molar-refractivity contribution >= 4 is 72.9 Å². The van der Waals surface area contributed by atoms with Crippen LogP contribution in [0, 0.1) is 5.92 Å². The maximum absolute atomic E-state index is 13.8. The first-order valence-electron chi connectivity index (χ1n) is 28.2. The molecule has 10 rings (SSSR count). The molecule has 444 valence electrons. The molecule has 1 saturated heterocycles. The minimum Gasteiger partial charge on any atom is -0.405 e. The minimum atomic E-state index is -4.43. The third-order valence-corrected chi connectivity index (χ3v) is 27.8. The van der Waals surface area contributed by atoms with E-state index in [1.165, 1.54) is 30.3 Å². The number of ketones is 1. The number of carbonyl (C=O) groups excluding carboxylic acids is 1. The number of benzene rings is 5. The minimum absolute atomic E-state index is 0.00650. The van der Waals surface area contributed by atoms with Crippen molar-refractivity contribution < 1.29 is 41.8 Å². The number of nitrogens with zero attached hydrogens (tertiary/aromatic N) is 4. The largest absolute Gasteiger partial charge is 0.405 e. The highest BCUT2D eigenvalue weighted by atomic mass is 32.5. The molecule has 8 atom stereocenters. The van der Waals surface area contributed by atoms with Crippen LogP contribution in [0.1, 0.15) is 76.4 Å². The molecule has 1 aliphatic heterocycles. The zero-order valence-corrected chi connectivity index (χ0v) is 52.2. The fourth-order valence-electron chi connectivity index (χ4n) is 12.2. The summed E-state index contributed by atoms with van der Waals surface area (Å²) in [5.74, 6) is -1.33. The number of aromatic amines is 2. The van der Waals surface area contributed by atoms with Crippen molar-refractivity contribution in [1.82, 2.24) is 29.1 Å². The molecular formula is C63H71N6O12PSSi2. The van der Waals surface area contributed by atoms with Crippen LogP contribution >= 0.6 is 6.72 Å². The average Bonchev–Trinajstić information content (AvgIpc) is 2.07. The van der Waals surface area contributed by atoms with Gasteiger partial charge in [-0.1, -0.05) is 200 Å². The summed E-state index contributed by atoms with van der Waals surface area (Å²) >= 11 is 6.07. The Kier molecular flexibility index (Phi) is 18.3. The molecule has 8 aromatic rings. The van der Waals surface area contributed by atoms with Crippen molar-refractivity contribution in [2.24, 2.45) is 5.92 Å². The normalized spacial score (nSPS) is 21.1. The Hall–Kier alpha value is -6.70. The van der Waals surface area contributed by atoms with E-state index in [1.807, 2.05) is 72.8 Å². The molecule has 1 saturated carbocycles. The van der Waals surface area contributed by atoms with E-state index in [4.69, 9.17) is 55.5 Å². The third-order valence-electron chi connectivity index (χ3n) is 16.1. The Morgan fingerprint density at radius 1 is 0.741 bits per heavy atom.